The van der Waals surface area contributed by atoms with Crippen LogP contribution in [-0.4, -0.2) is 16.3 Å². The first-order chi connectivity index (χ1) is 7.34. The molecule has 0 aliphatic carbocycles. The third kappa shape index (κ3) is 3.09. The molecule has 1 aromatic heterocycles. The molecule has 1 aromatic carbocycles. The van der Waals surface area contributed by atoms with Crippen molar-refractivity contribution in [3.05, 3.63) is 47.2 Å². The Labute approximate surface area is 97.2 Å². The molecule has 1 heterocycles. The van der Waals surface area contributed by atoms with E-state index in [1.54, 1.807) is 6.20 Å². The number of hydrogen-bond acceptors (Lipinski definition) is 2. The van der Waals surface area contributed by atoms with Crippen LogP contribution in [-0.2, 0) is 6.54 Å². The Morgan fingerprint density at radius 2 is 2.27 bits per heavy atom. The number of nitrogens with one attached hydrogen (secondary N) is 1. The molecule has 4 heteroatoms. The van der Waals surface area contributed by atoms with Crippen LogP contribution in [0.25, 0.3) is 0 Å². The van der Waals surface area contributed by atoms with E-state index in [4.69, 9.17) is 0 Å². The molecule has 1 N–H and O–H groups in total. The molecule has 0 fully saturated rings. The lowest BCUT2D eigenvalue weighted by atomic mass is 10.3. The predicted octanol–water partition coefficient (Wildman–Crippen LogP) is 2.76. The van der Waals surface area contributed by atoms with E-state index in [0.717, 1.165) is 23.2 Å². The molecule has 0 aliphatic rings. The molecule has 0 saturated heterocycles. The number of rotatable bonds is 4. The summed E-state index contributed by atoms with van der Waals surface area (Å²) in [5.41, 5.74) is 1.12. The Bertz CT molecular complexity index is 412. The summed E-state index contributed by atoms with van der Waals surface area (Å²) in [4.78, 5) is 0. The van der Waals surface area contributed by atoms with E-state index in [0.29, 0.717) is 0 Å². The summed E-state index contributed by atoms with van der Waals surface area (Å²) >= 11 is 3.44. The molecule has 0 atom stereocenters. The molecule has 2 aromatic rings. The summed E-state index contributed by atoms with van der Waals surface area (Å²) in [7, 11) is 0. The number of anilines is 1. The van der Waals surface area contributed by atoms with Crippen LogP contribution in [0.5, 0.6) is 0 Å². The third-order valence-corrected chi connectivity index (χ3v) is 2.55. The Balaban J connectivity index is 1.83. The molecule has 2 rings (SSSR count). The largest absolute Gasteiger partial charge is 0.383 e. The standard InChI is InChI=1S/C11H12BrN3/c12-10-3-1-4-11(9-10)13-6-8-15-7-2-5-14-15/h1-5,7,9,13H,6,8H2. The summed E-state index contributed by atoms with van der Waals surface area (Å²) in [6, 6.07) is 10.1. The van der Waals surface area contributed by atoms with Crippen molar-refractivity contribution < 1.29 is 0 Å². The molecule has 0 radical (unpaired) electrons. The van der Waals surface area contributed by atoms with Crippen molar-refractivity contribution in [1.29, 1.82) is 0 Å². The molecule has 0 unspecified atom stereocenters. The van der Waals surface area contributed by atoms with Gasteiger partial charge >= 0.3 is 0 Å². The van der Waals surface area contributed by atoms with E-state index in [2.05, 4.69) is 32.4 Å². The highest BCUT2D eigenvalue weighted by molar-refractivity contribution is 9.10. The minimum Gasteiger partial charge on any atom is -0.383 e. The van der Waals surface area contributed by atoms with Gasteiger partial charge in [0.1, 0.15) is 0 Å². The number of halogens is 1. The average molecular weight is 266 g/mol. The molecule has 78 valence electrons. The number of hydrogen-bond donors (Lipinski definition) is 1. The van der Waals surface area contributed by atoms with Gasteiger partial charge in [0.05, 0.1) is 6.54 Å². The Morgan fingerprint density at radius 1 is 1.33 bits per heavy atom. The number of benzene rings is 1. The van der Waals surface area contributed by atoms with E-state index in [-0.39, 0.29) is 0 Å². The van der Waals surface area contributed by atoms with Crippen molar-refractivity contribution >= 4 is 21.6 Å². The van der Waals surface area contributed by atoms with E-state index >= 15 is 0 Å². The van der Waals surface area contributed by atoms with Crippen LogP contribution in [0.2, 0.25) is 0 Å². The molecule has 0 amide bonds. The van der Waals surface area contributed by atoms with Crippen molar-refractivity contribution in [2.75, 3.05) is 11.9 Å². The normalized spacial score (nSPS) is 10.2. The Hall–Kier alpha value is -1.29. The molecule has 0 bridgehead atoms. The lowest BCUT2D eigenvalue weighted by molar-refractivity contribution is 0.638. The Morgan fingerprint density at radius 3 is 3.00 bits per heavy atom. The number of nitrogens with zero attached hydrogens (tertiary/aromatic N) is 2. The van der Waals surface area contributed by atoms with Crippen LogP contribution in [0, 0.1) is 0 Å². The second kappa shape index (κ2) is 4.98. The van der Waals surface area contributed by atoms with Gasteiger partial charge in [-0.05, 0) is 24.3 Å². The SMILES string of the molecule is Brc1cccc(NCCn2cccn2)c1. The van der Waals surface area contributed by atoms with Gasteiger partial charge in [-0.2, -0.15) is 5.10 Å². The van der Waals surface area contributed by atoms with E-state index < -0.39 is 0 Å². The summed E-state index contributed by atoms with van der Waals surface area (Å²) in [5, 5.41) is 7.47. The summed E-state index contributed by atoms with van der Waals surface area (Å²) in [6.07, 6.45) is 3.75. The van der Waals surface area contributed by atoms with Crippen LogP contribution in [0.15, 0.2) is 47.2 Å². The quantitative estimate of drug-likeness (QED) is 0.922. The van der Waals surface area contributed by atoms with E-state index in [1.807, 2.05) is 35.1 Å². The zero-order valence-corrected chi connectivity index (χ0v) is 9.81. The van der Waals surface area contributed by atoms with Crippen molar-refractivity contribution in [2.24, 2.45) is 0 Å². The van der Waals surface area contributed by atoms with Crippen LogP contribution < -0.4 is 5.32 Å². The highest BCUT2D eigenvalue weighted by Crippen LogP contribution is 2.15. The molecule has 0 saturated carbocycles. The minimum absolute atomic E-state index is 0.873. The maximum absolute atomic E-state index is 4.13. The second-order valence-corrected chi connectivity index (χ2v) is 4.12. The lowest BCUT2D eigenvalue weighted by Gasteiger charge is -2.06. The summed E-state index contributed by atoms with van der Waals surface area (Å²) < 4.78 is 3.00. The van der Waals surface area contributed by atoms with E-state index in [9.17, 15) is 0 Å². The molecular weight excluding hydrogens is 254 g/mol. The minimum atomic E-state index is 0.873. The van der Waals surface area contributed by atoms with Gasteiger partial charge in [-0.1, -0.05) is 22.0 Å². The van der Waals surface area contributed by atoms with E-state index in [1.165, 1.54) is 0 Å². The van der Waals surface area contributed by atoms with Gasteiger partial charge in [-0.15, -0.1) is 0 Å². The van der Waals surface area contributed by atoms with Crippen molar-refractivity contribution in [3.63, 3.8) is 0 Å². The van der Waals surface area contributed by atoms with Crippen molar-refractivity contribution in [3.8, 4) is 0 Å². The first kappa shape index (κ1) is 10.2. The van der Waals surface area contributed by atoms with Crippen LogP contribution in [0.4, 0.5) is 5.69 Å². The van der Waals surface area contributed by atoms with Crippen molar-refractivity contribution in [1.82, 2.24) is 9.78 Å². The molecule has 0 spiro atoms. The van der Waals surface area contributed by atoms with Gasteiger partial charge < -0.3 is 5.32 Å². The average Bonchev–Trinajstić information content (AvgIpc) is 2.71. The molecular formula is C11H12BrN3. The fourth-order valence-corrected chi connectivity index (χ4v) is 1.75. The second-order valence-electron chi connectivity index (χ2n) is 3.21. The smallest absolute Gasteiger partial charge is 0.0582 e. The molecule has 0 aliphatic heterocycles. The Kier molecular flexibility index (Phi) is 3.40. The maximum Gasteiger partial charge on any atom is 0.0582 e. The predicted molar refractivity (Wildman–Crippen MR) is 64.9 cm³/mol. The highest BCUT2D eigenvalue weighted by Gasteiger charge is 1.93. The van der Waals surface area contributed by atoms with Gasteiger partial charge in [0.2, 0.25) is 0 Å². The maximum atomic E-state index is 4.13. The monoisotopic (exact) mass is 265 g/mol. The first-order valence-corrected chi connectivity index (χ1v) is 5.61. The summed E-state index contributed by atoms with van der Waals surface area (Å²) in [6.45, 7) is 1.75. The van der Waals surface area contributed by atoms with Crippen LogP contribution in [0.3, 0.4) is 0 Å². The van der Waals surface area contributed by atoms with Gasteiger partial charge in [0.25, 0.3) is 0 Å². The van der Waals surface area contributed by atoms with Crippen LogP contribution in [0.1, 0.15) is 0 Å². The molecule has 15 heavy (non-hydrogen) atoms. The van der Waals surface area contributed by atoms with Gasteiger partial charge in [0, 0.05) is 29.1 Å². The van der Waals surface area contributed by atoms with Crippen molar-refractivity contribution in [2.45, 2.75) is 6.54 Å². The first-order valence-electron chi connectivity index (χ1n) is 4.81. The fourth-order valence-electron chi connectivity index (χ4n) is 1.35. The van der Waals surface area contributed by atoms with Gasteiger partial charge in [-0.3, -0.25) is 4.68 Å². The lowest BCUT2D eigenvalue weighted by Crippen LogP contribution is -2.10. The highest BCUT2D eigenvalue weighted by atomic mass is 79.9. The van der Waals surface area contributed by atoms with Gasteiger partial charge in [0.15, 0.2) is 0 Å². The van der Waals surface area contributed by atoms with Crippen LogP contribution >= 0.6 is 15.9 Å². The zero-order chi connectivity index (χ0) is 10.5. The summed E-state index contributed by atoms with van der Waals surface area (Å²) in [5.74, 6) is 0. The number of aromatic nitrogens is 2. The zero-order valence-electron chi connectivity index (χ0n) is 8.23. The molecule has 3 nitrogen and oxygen atoms in total. The third-order valence-electron chi connectivity index (χ3n) is 2.05. The van der Waals surface area contributed by atoms with Gasteiger partial charge in [-0.25, -0.2) is 0 Å². The topological polar surface area (TPSA) is 29.9 Å². The fraction of sp³-hybridized carbons (Fsp3) is 0.182.